The van der Waals surface area contributed by atoms with Gasteiger partial charge in [0.15, 0.2) is 11.5 Å². The van der Waals surface area contributed by atoms with Crippen LogP contribution in [-0.4, -0.2) is 19.2 Å². The number of nitrogens with one attached hydrogen (secondary N) is 1. The van der Waals surface area contributed by atoms with Crippen LogP contribution in [-0.2, 0) is 12.4 Å². The Hall–Kier alpha value is -4.21. The van der Waals surface area contributed by atoms with Crippen molar-refractivity contribution in [2.45, 2.75) is 12.4 Å². The molecule has 5 rings (SSSR count). The first-order chi connectivity index (χ1) is 17.5. The molecular formula is C27H18F6N2O2. The number of hydrogen-bond donors (Lipinski definition) is 1. The van der Waals surface area contributed by atoms with Crippen molar-refractivity contribution in [3.63, 3.8) is 0 Å². The molecule has 4 aromatic rings. The Balaban J connectivity index is 1.85. The second kappa shape index (κ2) is 8.72. The van der Waals surface area contributed by atoms with Crippen LogP contribution in [0.1, 0.15) is 16.7 Å². The number of ether oxygens (including phenoxy) is 2. The SMILES string of the molecule is COc1c(-c2cccc(C(F)(F)F)c2)c2c3c(c(-c4cccc(C(F)(F)F)c4)cnc3c1OC)NC=C2. The van der Waals surface area contributed by atoms with E-state index in [0.29, 0.717) is 33.3 Å². The maximum absolute atomic E-state index is 13.5. The van der Waals surface area contributed by atoms with E-state index in [-0.39, 0.29) is 22.6 Å². The number of pyridine rings is 1. The average molecular weight is 516 g/mol. The molecule has 0 amide bonds. The van der Waals surface area contributed by atoms with Crippen molar-refractivity contribution >= 4 is 22.7 Å². The van der Waals surface area contributed by atoms with Gasteiger partial charge < -0.3 is 14.8 Å². The number of alkyl halides is 6. The summed E-state index contributed by atoms with van der Waals surface area (Å²) in [6, 6.07) is 9.63. The highest BCUT2D eigenvalue weighted by Crippen LogP contribution is 2.51. The number of hydrogen-bond acceptors (Lipinski definition) is 4. The van der Waals surface area contributed by atoms with Crippen LogP contribution in [0, 0.1) is 0 Å². The molecule has 0 fully saturated rings. The first-order valence-electron chi connectivity index (χ1n) is 10.9. The maximum Gasteiger partial charge on any atom is 0.416 e. The van der Waals surface area contributed by atoms with Crippen molar-refractivity contribution in [2.24, 2.45) is 0 Å². The van der Waals surface area contributed by atoms with Gasteiger partial charge in [-0.1, -0.05) is 24.3 Å². The molecule has 0 spiro atoms. The molecule has 4 nitrogen and oxygen atoms in total. The van der Waals surface area contributed by atoms with E-state index in [4.69, 9.17) is 9.47 Å². The molecule has 10 heteroatoms. The van der Waals surface area contributed by atoms with Crippen molar-refractivity contribution in [3.8, 4) is 33.8 Å². The highest BCUT2D eigenvalue weighted by molar-refractivity contribution is 6.13. The molecule has 2 heterocycles. The molecule has 0 atom stereocenters. The third kappa shape index (κ3) is 4.12. The molecule has 1 aliphatic heterocycles. The molecule has 1 N–H and O–H groups in total. The Labute approximate surface area is 207 Å². The summed E-state index contributed by atoms with van der Waals surface area (Å²) >= 11 is 0. The lowest BCUT2D eigenvalue weighted by Gasteiger charge is -2.24. The predicted molar refractivity (Wildman–Crippen MR) is 128 cm³/mol. The molecule has 0 radical (unpaired) electrons. The molecule has 3 aromatic carbocycles. The van der Waals surface area contributed by atoms with Crippen LogP contribution in [0.15, 0.2) is 60.9 Å². The lowest BCUT2D eigenvalue weighted by molar-refractivity contribution is -0.138. The zero-order valence-electron chi connectivity index (χ0n) is 19.4. The maximum atomic E-state index is 13.5. The van der Waals surface area contributed by atoms with Crippen LogP contribution in [0.25, 0.3) is 39.2 Å². The first-order valence-corrected chi connectivity index (χ1v) is 10.9. The highest BCUT2D eigenvalue weighted by Gasteiger charge is 2.33. The van der Waals surface area contributed by atoms with Gasteiger partial charge in [0.2, 0.25) is 0 Å². The summed E-state index contributed by atoms with van der Waals surface area (Å²) in [6.07, 6.45) is -4.46. The molecule has 37 heavy (non-hydrogen) atoms. The van der Waals surface area contributed by atoms with E-state index >= 15 is 0 Å². The van der Waals surface area contributed by atoms with Crippen LogP contribution < -0.4 is 14.8 Å². The monoisotopic (exact) mass is 516 g/mol. The quantitative estimate of drug-likeness (QED) is 0.279. The van der Waals surface area contributed by atoms with Gasteiger partial charge in [-0.2, -0.15) is 26.3 Å². The summed E-state index contributed by atoms with van der Waals surface area (Å²) in [5.41, 5.74) is 0.817. The molecular weight excluding hydrogens is 498 g/mol. The Kier molecular flexibility index (Phi) is 5.77. The van der Waals surface area contributed by atoms with Gasteiger partial charge in [0.1, 0.15) is 5.52 Å². The summed E-state index contributed by atoms with van der Waals surface area (Å²) in [4.78, 5) is 4.48. The average Bonchev–Trinajstić information content (AvgIpc) is 2.87. The van der Waals surface area contributed by atoms with Crippen molar-refractivity contribution in [3.05, 3.63) is 77.6 Å². The smallest absolute Gasteiger partial charge is 0.416 e. The summed E-state index contributed by atoms with van der Waals surface area (Å²) in [6.45, 7) is 0. The number of nitrogens with zero attached hydrogens (tertiary/aromatic N) is 1. The van der Waals surface area contributed by atoms with Gasteiger partial charge in [0.05, 0.1) is 31.0 Å². The number of benzene rings is 3. The van der Waals surface area contributed by atoms with Crippen LogP contribution in [0.4, 0.5) is 32.0 Å². The van der Waals surface area contributed by atoms with E-state index in [9.17, 15) is 26.3 Å². The number of halogens is 6. The number of rotatable bonds is 4. The molecule has 1 aliphatic rings. The van der Waals surface area contributed by atoms with Crippen molar-refractivity contribution in [1.82, 2.24) is 4.98 Å². The summed E-state index contributed by atoms with van der Waals surface area (Å²) in [5, 5.41) is 3.55. The second-order valence-electron chi connectivity index (χ2n) is 8.26. The largest absolute Gasteiger partial charge is 0.492 e. The lowest BCUT2D eigenvalue weighted by atomic mass is 9.89. The Morgan fingerprint density at radius 1 is 0.784 bits per heavy atom. The standard InChI is InChI=1S/C27H18F6N2O2/c1-36-24-20(15-6-4-8-17(12-15)27(31,32)33)18-9-10-34-22-19(13-35-23(21(18)22)25(24)37-2)14-5-3-7-16(11-14)26(28,29)30/h3-13,34H,1-2H3. The molecule has 0 unspecified atom stereocenters. The lowest BCUT2D eigenvalue weighted by Crippen LogP contribution is -2.07. The molecule has 190 valence electrons. The topological polar surface area (TPSA) is 43.4 Å². The summed E-state index contributed by atoms with van der Waals surface area (Å²) in [7, 11) is 2.75. The van der Waals surface area contributed by atoms with E-state index in [1.54, 1.807) is 12.3 Å². The summed E-state index contributed by atoms with van der Waals surface area (Å²) < 4.78 is 91.9. The van der Waals surface area contributed by atoms with E-state index < -0.39 is 23.5 Å². The fraction of sp³-hybridized carbons (Fsp3) is 0.148. The van der Waals surface area contributed by atoms with Gasteiger partial charge in [-0.05, 0) is 47.0 Å². The van der Waals surface area contributed by atoms with Gasteiger partial charge in [0.25, 0.3) is 0 Å². The Bertz CT molecular complexity index is 1560. The van der Waals surface area contributed by atoms with E-state index in [1.165, 1.54) is 44.7 Å². The zero-order valence-corrected chi connectivity index (χ0v) is 19.4. The molecule has 1 aromatic heterocycles. The molecule has 0 bridgehead atoms. The fourth-order valence-corrected chi connectivity index (χ4v) is 4.54. The van der Waals surface area contributed by atoms with Crippen LogP contribution >= 0.6 is 0 Å². The van der Waals surface area contributed by atoms with Gasteiger partial charge in [-0.3, -0.25) is 4.98 Å². The van der Waals surface area contributed by atoms with Gasteiger partial charge in [0, 0.05) is 28.9 Å². The fourth-order valence-electron chi connectivity index (χ4n) is 4.54. The molecule has 0 saturated heterocycles. The second-order valence-corrected chi connectivity index (χ2v) is 8.26. The highest BCUT2D eigenvalue weighted by atomic mass is 19.4. The zero-order chi connectivity index (χ0) is 26.5. The van der Waals surface area contributed by atoms with Crippen LogP contribution in [0.5, 0.6) is 11.5 Å². The van der Waals surface area contributed by atoms with Gasteiger partial charge >= 0.3 is 12.4 Å². The van der Waals surface area contributed by atoms with Crippen molar-refractivity contribution in [1.29, 1.82) is 0 Å². The third-order valence-corrected chi connectivity index (χ3v) is 6.13. The number of aromatic nitrogens is 1. The predicted octanol–water partition coefficient (Wildman–Crippen LogP) is 8.02. The van der Waals surface area contributed by atoms with Gasteiger partial charge in [-0.15, -0.1) is 0 Å². The third-order valence-electron chi connectivity index (χ3n) is 6.13. The van der Waals surface area contributed by atoms with E-state index in [2.05, 4.69) is 10.3 Å². The minimum absolute atomic E-state index is 0.182. The molecule has 0 saturated carbocycles. The molecule has 0 aliphatic carbocycles. The number of methoxy groups -OCH3 is 2. The van der Waals surface area contributed by atoms with Crippen molar-refractivity contribution < 1.29 is 35.8 Å². The van der Waals surface area contributed by atoms with Crippen LogP contribution in [0.2, 0.25) is 0 Å². The van der Waals surface area contributed by atoms with E-state index in [1.807, 2.05) is 0 Å². The Morgan fingerprint density at radius 2 is 1.38 bits per heavy atom. The van der Waals surface area contributed by atoms with Crippen LogP contribution in [0.3, 0.4) is 0 Å². The summed E-state index contributed by atoms with van der Waals surface area (Å²) in [5.74, 6) is 0.365. The normalized spacial score (nSPS) is 13.0. The minimum atomic E-state index is -4.57. The first kappa shape index (κ1) is 24.5. The minimum Gasteiger partial charge on any atom is -0.492 e. The number of anilines is 1. The Morgan fingerprint density at radius 3 is 1.97 bits per heavy atom. The van der Waals surface area contributed by atoms with E-state index in [0.717, 1.165) is 24.3 Å². The van der Waals surface area contributed by atoms with Crippen molar-refractivity contribution in [2.75, 3.05) is 19.5 Å². The van der Waals surface area contributed by atoms with Gasteiger partial charge in [-0.25, -0.2) is 0 Å².